The van der Waals surface area contributed by atoms with Crippen LogP contribution in [0, 0.1) is 6.92 Å². The second-order valence-corrected chi connectivity index (χ2v) is 6.19. The standard InChI is InChI=1S/C13H17N3S2/c1-10-2-4-12(5-3-10)18-9-11(16-14)8-13-15-6-7-17-13/h2-7,11,16H,8-9,14H2,1H3. The number of aryl methyl sites for hydroxylation is 1. The molecular weight excluding hydrogens is 262 g/mol. The molecule has 0 amide bonds. The van der Waals surface area contributed by atoms with Crippen molar-refractivity contribution in [3.8, 4) is 0 Å². The van der Waals surface area contributed by atoms with E-state index in [1.165, 1.54) is 10.5 Å². The van der Waals surface area contributed by atoms with Crippen molar-refractivity contribution in [2.75, 3.05) is 5.75 Å². The van der Waals surface area contributed by atoms with Gasteiger partial charge in [0.25, 0.3) is 0 Å². The molecule has 0 aliphatic rings. The molecular formula is C13H17N3S2. The van der Waals surface area contributed by atoms with Gasteiger partial charge in [-0.3, -0.25) is 11.3 Å². The Morgan fingerprint density at radius 3 is 2.78 bits per heavy atom. The Hall–Kier alpha value is -0.880. The molecule has 2 rings (SSSR count). The number of rotatable bonds is 6. The molecule has 2 aromatic rings. The van der Waals surface area contributed by atoms with Crippen LogP contribution in [0.1, 0.15) is 10.6 Å². The van der Waals surface area contributed by atoms with E-state index < -0.39 is 0 Å². The quantitative estimate of drug-likeness (QED) is 0.485. The molecule has 0 bridgehead atoms. The smallest absolute Gasteiger partial charge is 0.0941 e. The normalized spacial score (nSPS) is 12.6. The molecule has 0 saturated heterocycles. The van der Waals surface area contributed by atoms with Crippen LogP contribution in [-0.2, 0) is 6.42 Å². The van der Waals surface area contributed by atoms with Crippen molar-refractivity contribution in [2.45, 2.75) is 24.3 Å². The number of hydrogen-bond acceptors (Lipinski definition) is 5. The van der Waals surface area contributed by atoms with E-state index in [9.17, 15) is 0 Å². The summed E-state index contributed by atoms with van der Waals surface area (Å²) in [6, 6.07) is 8.82. The molecule has 0 radical (unpaired) electrons. The zero-order valence-corrected chi connectivity index (χ0v) is 11.9. The third kappa shape index (κ3) is 4.10. The van der Waals surface area contributed by atoms with Gasteiger partial charge >= 0.3 is 0 Å². The maximum atomic E-state index is 5.59. The number of nitrogens with zero attached hydrogens (tertiary/aromatic N) is 1. The molecule has 0 spiro atoms. The van der Waals surface area contributed by atoms with Gasteiger partial charge in [-0.2, -0.15) is 0 Å². The van der Waals surface area contributed by atoms with E-state index in [-0.39, 0.29) is 6.04 Å². The average molecular weight is 279 g/mol. The Kier molecular flexibility index (Phi) is 5.19. The zero-order valence-electron chi connectivity index (χ0n) is 10.3. The highest BCUT2D eigenvalue weighted by Crippen LogP contribution is 2.20. The number of hydrazine groups is 1. The van der Waals surface area contributed by atoms with E-state index in [0.717, 1.165) is 17.2 Å². The van der Waals surface area contributed by atoms with Gasteiger partial charge in [0.1, 0.15) is 0 Å². The SMILES string of the molecule is Cc1ccc(SCC(Cc2nccs2)NN)cc1. The molecule has 0 aliphatic carbocycles. The topological polar surface area (TPSA) is 50.9 Å². The Morgan fingerprint density at radius 1 is 1.39 bits per heavy atom. The molecule has 18 heavy (non-hydrogen) atoms. The Bertz CT molecular complexity index is 454. The average Bonchev–Trinajstić information content (AvgIpc) is 2.89. The first-order valence-corrected chi connectivity index (χ1v) is 7.68. The number of benzene rings is 1. The molecule has 3 N–H and O–H groups in total. The van der Waals surface area contributed by atoms with E-state index >= 15 is 0 Å². The van der Waals surface area contributed by atoms with E-state index in [2.05, 4.69) is 41.6 Å². The summed E-state index contributed by atoms with van der Waals surface area (Å²) in [5.41, 5.74) is 4.16. The summed E-state index contributed by atoms with van der Waals surface area (Å²) in [5, 5.41) is 3.12. The van der Waals surface area contributed by atoms with Crippen molar-refractivity contribution < 1.29 is 0 Å². The van der Waals surface area contributed by atoms with Gasteiger partial charge in [-0.05, 0) is 19.1 Å². The first kappa shape index (κ1) is 13.5. The van der Waals surface area contributed by atoms with Crippen LogP contribution in [0.4, 0.5) is 0 Å². The highest BCUT2D eigenvalue weighted by Gasteiger charge is 2.10. The fourth-order valence-electron chi connectivity index (χ4n) is 1.56. The largest absolute Gasteiger partial charge is 0.271 e. The highest BCUT2D eigenvalue weighted by molar-refractivity contribution is 7.99. The third-order valence-electron chi connectivity index (χ3n) is 2.61. The van der Waals surface area contributed by atoms with E-state index in [1.54, 1.807) is 11.3 Å². The van der Waals surface area contributed by atoms with Crippen molar-refractivity contribution in [3.05, 3.63) is 46.4 Å². The van der Waals surface area contributed by atoms with Crippen LogP contribution in [0.3, 0.4) is 0 Å². The van der Waals surface area contributed by atoms with E-state index in [1.807, 2.05) is 23.3 Å². The minimum absolute atomic E-state index is 0.252. The van der Waals surface area contributed by atoms with Crippen LogP contribution in [0.25, 0.3) is 0 Å². The predicted octanol–water partition coefficient (Wildman–Crippen LogP) is 2.62. The molecule has 1 aromatic heterocycles. The molecule has 5 heteroatoms. The molecule has 96 valence electrons. The maximum absolute atomic E-state index is 5.59. The molecule has 1 unspecified atom stereocenters. The number of nitrogens with one attached hydrogen (secondary N) is 1. The fraction of sp³-hybridized carbons (Fsp3) is 0.308. The van der Waals surface area contributed by atoms with Gasteiger partial charge in [-0.25, -0.2) is 4.98 Å². The van der Waals surface area contributed by atoms with Crippen LogP contribution in [-0.4, -0.2) is 16.8 Å². The maximum Gasteiger partial charge on any atom is 0.0941 e. The molecule has 0 fully saturated rings. The monoisotopic (exact) mass is 279 g/mol. The number of nitrogens with two attached hydrogens (primary N) is 1. The van der Waals surface area contributed by atoms with Crippen LogP contribution in [0.2, 0.25) is 0 Å². The van der Waals surface area contributed by atoms with Crippen molar-refractivity contribution >= 4 is 23.1 Å². The summed E-state index contributed by atoms with van der Waals surface area (Å²) in [5.74, 6) is 6.53. The molecule has 1 atom stereocenters. The van der Waals surface area contributed by atoms with Crippen molar-refractivity contribution in [1.29, 1.82) is 0 Å². The van der Waals surface area contributed by atoms with Crippen LogP contribution >= 0.6 is 23.1 Å². The highest BCUT2D eigenvalue weighted by atomic mass is 32.2. The molecule has 0 aliphatic heterocycles. The summed E-state index contributed by atoms with van der Waals surface area (Å²) in [4.78, 5) is 5.56. The number of aromatic nitrogens is 1. The van der Waals surface area contributed by atoms with Crippen molar-refractivity contribution in [1.82, 2.24) is 10.4 Å². The van der Waals surface area contributed by atoms with Gasteiger partial charge < -0.3 is 0 Å². The van der Waals surface area contributed by atoms with E-state index in [0.29, 0.717) is 0 Å². The lowest BCUT2D eigenvalue weighted by molar-refractivity contribution is 0.574. The van der Waals surface area contributed by atoms with Crippen LogP contribution in [0.15, 0.2) is 40.7 Å². The number of hydrogen-bond donors (Lipinski definition) is 2. The fourth-order valence-corrected chi connectivity index (χ4v) is 3.20. The molecule has 1 aromatic carbocycles. The van der Waals surface area contributed by atoms with Gasteiger partial charge in [0.05, 0.1) is 5.01 Å². The van der Waals surface area contributed by atoms with Gasteiger partial charge in [0.2, 0.25) is 0 Å². The third-order valence-corrected chi connectivity index (χ3v) is 4.59. The first-order valence-electron chi connectivity index (χ1n) is 5.82. The van der Waals surface area contributed by atoms with Crippen molar-refractivity contribution in [2.24, 2.45) is 5.84 Å². The number of thioether (sulfide) groups is 1. The minimum Gasteiger partial charge on any atom is -0.271 e. The Labute approximate surface area is 116 Å². The molecule has 3 nitrogen and oxygen atoms in total. The Morgan fingerprint density at radius 2 is 2.17 bits per heavy atom. The summed E-state index contributed by atoms with van der Waals surface area (Å²) in [6.45, 7) is 2.10. The zero-order chi connectivity index (χ0) is 12.8. The second-order valence-electron chi connectivity index (χ2n) is 4.12. The molecule has 0 saturated carbocycles. The molecule has 1 heterocycles. The second kappa shape index (κ2) is 6.89. The Balaban J connectivity index is 1.85. The summed E-state index contributed by atoms with van der Waals surface area (Å²) >= 11 is 3.49. The van der Waals surface area contributed by atoms with Gasteiger partial charge in [0.15, 0.2) is 0 Å². The van der Waals surface area contributed by atoms with Gasteiger partial charge in [-0.1, -0.05) is 17.7 Å². The summed E-state index contributed by atoms with van der Waals surface area (Å²) in [7, 11) is 0. The summed E-state index contributed by atoms with van der Waals surface area (Å²) in [6.07, 6.45) is 2.72. The number of thiazole rings is 1. The lowest BCUT2D eigenvalue weighted by atomic mass is 10.2. The first-order chi connectivity index (χ1) is 8.78. The van der Waals surface area contributed by atoms with E-state index in [4.69, 9.17) is 5.84 Å². The predicted molar refractivity (Wildman–Crippen MR) is 78.8 cm³/mol. The van der Waals surface area contributed by atoms with Crippen molar-refractivity contribution in [3.63, 3.8) is 0 Å². The lowest BCUT2D eigenvalue weighted by Gasteiger charge is -2.13. The van der Waals surface area contributed by atoms with Crippen LogP contribution in [0.5, 0.6) is 0 Å². The summed E-state index contributed by atoms with van der Waals surface area (Å²) < 4.78 is 0. The van der Waals surface area contributed by atoms with Gasteiger partial charge in [0, 0.05) is 34.7 Å². The van der Waals surface area contributed by atoms with Crippen LogP contribution < -0.4 is 11.3 Å². The lowest BCUT2D eigenvalue weighted by Crippen LogP contribution is -2.38. The van der Waals surface area contributed by atoms with Gasteiger partial charge in [-0.15, -0.1) is 23.1 Å². The minimum atomic E-state index is 0.252.